The summed E-state index contributed by atoms with van der Waals surface area (Å²) in [4.78, 5) is 16.8. The van der Waals surface area contributed by atoms with Crippen LogP contribution in [0.25, 0.3) is 21.3 Å². The van der Waals surface area contributed by atoms with Gasteiger partial charge in [-0.15, -0.1) is 11.3 Å². The second kappa shape index (κ2) is 7.72. The number of benzene rings is 1. The molecule has 0 aliphatic heterocycles. The Hall–Kier alpha value is -2.11. The SMILES string of the molecule is CC(C)(O)c1ccc2[nH]c(=O)c(-c3cccs3)c(OCC3CCCCC3)c2c1. The second-order valence-electron chi connectivity index (χ2n) is 8.27. The Kier molecular flexibility index (Phi) is 5.30. The number of rotatable bonds is 5. The van der Waals surface area contributed by atoms with E-state index in [0.717, 1.165) is 21.3 Å². The summed E-state index contributed by atoms with van der Waals surface area (Å²) in [6.45, 7) is 4.16. The van der Waals surface area contributed by atoms with Crippen molar-refractivity contribution < 1.29 is 9.84 Å². The summed E-state index contributed by atoms with van der Waals surface area (Å²) in [5.74, 6) is 1.18. The molecule has 3 aromatic rings. The van der Waals surface area contributed by atoms with Crippen LogP contribution in [0.4, 0.5) is 0 Å². The van der Waals surface area contributed by atoms with Crippen LogP contribution in [0.15, 0.2) is 40.5 Å². The first-order valence-corrected chi connectivity index (χ1v) is 10.9. The van der Waals surface area contributed by atoms with Gasteiger partial charge in [0.25, 0.3) is 5.56 Å². The first kappa shape index (κ1) is 19.2. The van der Waals surface area contributed by atoms with Crippen molar-refractivity contribution in [2.45, 2.75) is 51.6 Å². The van der Waals surface area contributed by atoms with Crippen LogP contribution < -0.4 is 10.3 Å². The van der Waals surface area contributed by atoms with Gasteiger partial charge in [0.15, 0.2) is 0 Å². The lowest BCUT2D eigenvalue weighted by Gasteiger charge is -2.23. The van der Waals surface area contributed by atoms with Gasteiger partial charge in [0.2, 0.25) is 0 Å². The zero-order valence-corrected chi connectivity index (χ0v) is 17.3. The number of H-pyrrole nitrogens is 1. The molecule has 1 aliphatic carbocycles. The van der Waals surface area contributed by atoms with Crippen LogP contribution in [0.5, 0.6) is 5.75 Å². The third kappa shape index (κ3) is 3.87. The van der Waals surface area contributed by atoms with Gasteiger partial charge < -0.3 is 14.8 Å². The Morgan fingerprint density at radius 2 is 2.00 bits per heavy atom. The topological polar surface area (TPSA) is 62.3 Å². The van der Waals surface area contributed by atoms with E-state index in [4.69, 9.17) is 4.74 Å². The van der Waals surface area contributed by atoms with Gasteiger partial charge in [0.05, 0.1) is 23.3 Å². The van der Waals surface area contributed by atoms with Gasteiger partial charge in [0.1, 0.15) is 5.75 Å². The maximum atomic E-state index is 12.9. The molecule has 2 N–H and O–H groups in total. The van der Waals surface area contributed by atoms with E-state index in [0.29, 0.717) is 23.8 Å². The number of aliphatic hydroxyl groups is 1. The number of thiophene rings is 1. The first-order valence-electron chi connectivity index (χ1n) is 10.0. The molecule has 2 aromatic heterocycles. The number of pyridine rings is 1. The predicted octanol–water partition coefficient (Wildman–Crippen LogP) is 5.44. The van der Waals surface area contributed by atoms with E-state index in [2.05, 4.69) is 4.98 Å². The maximum absolute atomic E-state index is 12.9. The average Bonchev–Trinajstić information content (AvgIpc) is 3.19. The number of hydrogen-bond donors (Lipinski definition) is 2. The lowest BCUT2D eigenvalue weighted by Crippen LogP contribution is -2.19. The molecule has 0 radical (unpaired) electrons. The van der Waals surface area contributed by atoms with E-state index in [9.17, 15) is 9.90 Å². The molecular formula is C23H27NO3S. The van der Waals surface area contributed by atoms with Gasteiger partial charge in [-0.1, -0.05) is 31.4 Å². The zero-order valence-electron chi connectivity index (χ0n) is 16.5. The summed E-state index contributed by atoms with van der Waals surface area (Å²) >= 11 is 1.53. The highest BCUT2D eigenvalue weighted by Crippen LogP contribution is 2.38. The van der Waals surface area contributed by atoms with Crippen molar-refractivity contribution in [3.05, 3.63) is 51.6 Å². The Balaban J connectivity index is 1.85. The third-order valence-corrected chi connectivity index (χ3v) is 6.52. The number of fused-ring (bicyclic) bond motifs is 1. The monoisotopic (exact) mass is 397 g/mol. The molecule has 0 atom stereocenters. The molecule has 1 saturated carbocycles. The van der Waals surface area contributed by atoms with Gasteiger partial charge in [-0.25, -0.2) is 0 Å². The van der Waals surface area contributed by atoms with Crippen LogP contribution in [0.2, 0.25) is 0 Å². The molecule has 1 fully saturated rings. The van der Waals surface area contributed by atoms with Crippen LogP contribution in [0.3, 0.4) is 0 Å². The summed E-state index contributed by atoms with van der Waals surface area (Å²) in [5.41, 5.74) is 1.02. The molecule has 4 rings (SSSR count). The average molecular weight is 398 g/mol. The number of hydrogen-bond acceptors (Lipinski definition) is 4. The van der Waals surface area contributed by atoms with Crippen molar-refractivity contribution in [3.63, 3.8) is 0 Å². The molecule has 0 bridgehead atoms. The van der Waals surface area contributed by atoms with Gasteiger partial charge in [-0.05, 0) is 61.7 Å². The smallest absolute Gasteiger partial charge is 0.260 e. The largest absolute Gasteiger partial charge is 0.492 e. The van der Waals surface area contributed by atoms with Gasteiger partial charge in [0, 0.05) is 10.3 Å². The van der Waals surface area contributed by atoms with E-state index in [-0.39, 0.29) is 5.56 Å². The Labute approximate surface area is 169 Å². The van der Waals surface area contributed by atoms with E-state index in [1.165, 1.54) is 43.4 Å². The van der Waals surface area contributed by atoms with Crippen LogP contribution >= 0.6 is 11.3 Å². The minimum atomic E-state index is -0.964. The fourth-order valence-electron chi connectivity index (χ4n) is 3.99. The Bertz CT molecular complexity index is 1010. The van der Waals surface area contributed by atoms with Crippen molar-refractivity contribution in [1.82, 2.24) is 4.98 Å². The quantitative estimate of drug-likeness (QED) is 0.602. The predicted molar refractivity (Wildman–Crippen MR) is 115 cm³/mol. The van der Waals surface area contributed by atoms with Gasteiger partial charge in [-0.3, -0.25) is 4.79 Å². The number of aromatic nitrogens is 1. The fourth-order valence-corrected chi connectivity index (χ4v) is 4.76. The van der Waals surface area contributed by atoms with E-state index in [1.807, 2.05) is 35.7 Å². The van der Waals surface area contributed by atoms with Crippen molar-refractivity contribution >= 4 is 22.2 Å². The van der Waals surface area contributed by atoms with Crippen molar-refractivity contribution in [2.75, 3.05) is 6.61 Å². The van der Waals surface area contributed by atoms with E-state index in [1.54, 1.807) is 13.8 Å². The third-order valence-electron chi connectivity index (χ3n) is 5.63. The summed E-state index contributed by atoms with van der Waals surface area (Å²) < 4.78 is 6.37. The molecule has 5 heteroatoms. The van der Waals surface area contributed by atoms with E-state index >= 15 is 0 Å². The fraction of sp³-hybridized carbons (Fsp3) is 0.435. The van der Waals surface area contributed by atoms with Crippen molar-refractivity contribution in [1.29, 1.82) is 0 Å². The second-order valence-corrected chi connectivity index (χ2v) is 9.22. The highest BCUT2D eigenvalue weighted by molar-refractivity contribution is 7.13. The lowest BCUT2D eigenvalue weighted by atomic mass is 9.90. The highest BCUT2D eigenvalue weighted by Gasteiger charge is 2.22. The molecule has 0 saturated heterocycles. The molecular weight excluding hydrogens is 370 g/mol. The van der Waals surface area contributed by atoms with Crippen LogP contribution in [-0.2, 0) is 5.60 Å². The molecule has 1 aromatic carbocycles. The van der Waals surface area contributed by atoms with Gasteiger partial charge in [-0.2, -0.15) is 0 Å². The maximum Gasteiger partial charge on any atom is 0.260 e. The normalized spacial score (nSPS) is 15.8. The molecule has 148 valence electrons. The standard InChI is InChI=1S/C23H27NO3S/c1-23(2,26)16-10-11-18-17(13-16)21(27-14-15-7-4-3-5-8-15)20(22(25)24-18)19-9-6-12-28-19/h6,9-13,15,26H,3-5,7-8,14H2,1-2H3,(H,24,25). The molecule has 0 amide bonds. The molecule has 28 heavy (non-hydrogen) atoms. The summed E-state index contributed by atoms with van der Waals surface area (Å²) in [7, 11) is 0. The van der Waals surface area contributed by atoms with Crippen molar-refractivity contribution in [2.24, 2.45) is 5.92 Å². The molecule has 4 nitrogen and oxygen atoms in total. The van der Waals surface area contributed by atoms with Gasteiger partial charge >= 0.3 is 0 Å². The van der Waals surface area contributed by atoms with Crippen LogP contribution in [0.1, 0.15) is 51.5 Å². The summed E-state index contributed by atoms with van der Waals surface area (Å²) in [6.07, 6.45) is 6.18. The molecule has 0 spiro atoms. The molecule has 0 unspecified atom stereocenters. The number of aromatic amines is 1. The van der Waals surface area contributed by atoms with Crippen LogP contribution in [0, 0.1) is 5.92 Å². The molecule has 1 aliphatic rings. The minimum Gasteiger partial charge on any atom is -0.492 e. The Morgan fingerprint density at radius 1 is 1.21 bits per heavy atom. The number of ether oxygens (including phenoxy) is 1. The van der Waals surface area contributed by atoms with E-state index < -0.39 is 5.60 Å². The van der Waals surface area contributed by atoms with Crippen molar-refractivity contribution in [3.8, 4) is 16.2 Å². The highest BCUT2D eigenvalue weighted by atomic mass is 32.1. The minimum absolute atomic E-state index is 0.135. The summed E-state index contributed by atoms with van der Waals surface area (Å²) in [5, 5.41) is 13.3. The number of nitrogens with one attached hydrogen (secondary N) is 1. The first-order chi connectivity index (χ1) is 13.4. The lowest BCUT2D eigenvalue weighted by molar-refractivity contribution is 0.0787. The summed E-state index contributed by atoms with van der Waals surface area (Å²) in [6, 6.07) is 9.55. The zero-order chi connectivity index (χ0) is 19.7. The van der Waals surface area contributed by atoms with Crippen LogP contribution in [-0.4, -0.2) is 16.7 Å². The molecule has 2 heterocycles. The Morgan fingerprint density at radius 3 is 2.68 bits per heavy atom.